The molecule has 0 bridgehead atoms. The van der Waals surface area contributed by atoms with Crippen molar-refractivity contribution in [2.24, 2.45) is 5.73 Å². The molecule has 0 aromatic heterocycles. The Morgan fingerprint density at radius 2 is 2.21 bits per heavy atom. The van der Waals surface area contributed by atoms with E-state index in [4.69, 9.17) is 5.73 Å². The van der Waals surface area contributed by atoms with Crippen LogP contribution >= 0.6 is 15.9 Å². The topological polar surface area (TPSA) is 49.6 Å². The fourth-order valence-electron chi connectivity index (χ4n) is 2.50. The number of carbonyl (C=O) groups is 1. The van der Waals surface area contributed by atoms with E-state index in [1.165, 1.54) is 11.1 Å². The molecule has 5 heteroatoms. The third-order valence-corrected chi connectivity index (χ3v) is 4.35. The van der Waals surface area contributed by atoms with Crippen LogP contribution in [0.4, 0.5) is 4.79 Å². The van der Waals surface area contributed by atoms with E-state index in [1.54, 1.807) is 4.90 Å². The molecule has 1 aliphatic rings. The van der Waals surface area contributed by atoms with E-state index in [1.807, 2.05) is 24.9 Å². The Labute approximate surface area is 122 Å². The normalized spacial score (nSPS) is 21.1. The van der Waals surface area contributed by atoms with Crippen molar-refractivity contribution in [3.8, 4) is 0 Å². The van der Waals surface area contributed by atoms with Crippen LogP contribution in [0.3, 0.4) is 0 Å². The Morgan fingerprint density at radius 3 is 2.84 bits per heavy atom. The zero-order chi connectivity index (χ0) is 14.2. The maximum absolute atomic E-state index is 12.3. The van der Waals surface area contributed by atoms with Crippen LogP contribution in [-0.4, -0.2) is 42.0 Å². The molecule has 2 N–H and O–H groups in total. The van der Waals surface area contributed by atoms with Gasteiger partial charge < -0.3 is 15.5 Å². The molecule has 104 valence electrons. The minimum atomic E-state index is 0.0577. The smallest absolute Gasteiger partial charge is 0.320 e. The van der Waals surface area contributed by atoms with Gasteiger partial charge in [0.1, 0.15) is 0 Å². The lowest BCUT2D eigenvalue weighted by atomic mass is 10.0. The summed E-state index contributed by atoms with van der Waals surface area (Å²) in [6, 6.07) is 6.43. The zero-order valence-electron chi connectivity index (χ0n) is 11.6. The summed E-state index contributed by atoms with van der Waals surface area (Å²) in [5.74, 6) is 0. The van der Waals surface area contributed by atoms with E-state index < -0.39 is 0 Å². The molecule has 4 nitrogen and oxygen atoms in total. The van der Waals surface area contributed by atoms with Crippen molar-refractivity contribution in [3.05, 3.63) is 33.8 Å². The third-order valence-electron chi connectivity index (χ3n) is 3.86. The molecule has 0 aliphatic carbocycles. The van der Waals surface area contributed by atoms with Crippen molar-refractivity contribution < 1.29 is 4.79 Å². The first-order valence-corrected chi connectivity index (χ1v) is 7.24. The molecule has 1 fully saturated rings. The van der Waals surface area contributed by atoms with E-state index in [2.05, 4.69) is 35.0 Å². The van der Waals surface area contributed by atoms with Crippen molar-refractivity contribution in [1.82, 2.24) is 9.80 Å². The van der Waals surface area contributed by atoms with Gasteiger partial charge in [0.15, 0.2) is 0 Å². The van der Waals surface area contributed by atoms with Gasteiger partial charge in [-0.05, 0) is 37.1 Å². The number of likely N-dealkylation sites (N-methyl/N-ethyl adjacent to an activating group) is 1. The number of rotatable bonds is 3. The van der Waals surface area contributed by atoms with Gasteiger partial charge in [-0.1, -0.05) is 22.0 Å². The number of urea groups is 1. The summed E-state index contributed by atoms with van der Waals surface area (Å²) >= 11 is 3.50. The summed E-state index contributed by atoms with van der Waals surface area (Å²) in [6.07, 6.45) is 0. The second-order valence-electron chi connectivity index (χ2n) is 5.15. The lowest BCUT2D eigenvalue weighted by molar-refractivity contribution is 0.185. The average molecular weight is 326 g/mol. The standard InChI is InChI=1S/C14H20BrN3O/c1-9-4-5-11(15)6-12(9)13-8-18(10(2)7-16)14(19)17(13)3/h4-6,10,13H,7-8,16H2,1-3H3. The highest BCUT2D eigenvalue weighted by atomic mass is 79.9. The maximum Gasteiger partial charge on any atom is 0.320 e. The highest BCUT2D eigenvalue weighted by molar-refractivity contribution is 9.10. The molecule has 0 radical (unpaired) electrons. The van der Waals surface area contributed by atoms with Crippen LogP contribution in [0.25, 0.3) is 0 Å². The highest BCUT2D eigenvalue weighted by Crippen LogP contribution is 2.32. The molecule has 1 aromatic rings. The molecule has 2 amide bonds. The van der Waals surface area contributed by atoms with E-state index in [0.29, 0.717) is 13.1 Å². The minimum Gasteiger partial charge on any atom is -0.328 e. The van der Waals surface area contributed by atoms with Crippen LogP contribution in [0.5, 0.6) is 0 Å². The first-order valence-electron chi connectivity index (χ1n) is 6.45. The lowest BCUT2D eigenvalue weighted by Crippen LogP contribution is -2.40. The molecule has 1 heterocycles. The molecular weight excluding hydrogens is 306 g/mol. The molecule has 1 aromatic carbocycles. The molecule has 19 heavy (non-hydrogen) atoms. The minimum absolute atomic E-state index is 0.0577. The number of aryl methyl sites for hydroxylation is 1. The Bertz CT molecular complexity index is 492. The molecule has 1 aliphatic heterocycles. The molecule has 0 spiro atoms. The van der Waals surface area contributed by atoms with Gasteiger partial charge in [-0.25, -0.2) is 4.79 Å². The van der Waals surface area contributed by atoms with Crippen molar-refractivity contribution in [3.63, 3.8) is 0 Å². The zero-order valence-corrected chi connectivity index (χ0v) is 13.1. The Morgan fingerprint density at radius 1 is 1.53 bits per heavy atom. The van der Waals surface area contributed by atoms with Crippen molar-refractivity contribution >= 4 is 22.0 Å². The van der Waals surface area contributed by atoms with Crippen LogP contribution < -0.4 is 5.73 Å². The number of halogens is 1. The predicted octanol–water partition coefficient (Wildman–Crippen LogP) is 2.51. The first-order chi connectivity index (χ1) is 8.95. The quantitative estimate of drug-likeness (QED) is 0.928. The van der Waals surface area contributed by atoms with Crippen molar-refractivity contribution in [2.75, 3.05) is 20.1 Å². The van der Waals surface area contributed by atoms with Crippen LogP contribution in [0.2, 0.25) is 0 Å². The van der Waals surface area contributed by atoms with Gasteiger partial charge in [-0.3, -0.25) is 0 Å². The van der Waals surface area contributed by atoms with E-state index in [0.717, 1.165) is 4.47 Å². The van der Waals surface area contributed by atoms with E-state index in [-0.39, 0.29) is 18.1 Å². The highest BCUT2D eigenvalue weighted by Gasteiger charge is 2.38. The Balaban J connectivity index is 2.31. The molecule has 1 saturated heterocycles. The molecular formula is C14H20BrN3O. The number of benzene rings is 1. The summed E-state index contributed by atoms with van der Waals surface area (Å²) in [6.45, 7) is 5.26. The monoisotopic (exact) mass is 325 g/mol. The van der Waals surface area contributed by atoms with Gasteiger partial charge in [0.25, 0.3) is 0 Å². The summed E-state index contributed by atoms with van der Waals surface area (Å²) in [5, 5.41) is 0. The predicted molar refractivity (Wildman–Crippen MR) is 80.0 cm³/mol. The van der Waals surface area contributed by atoms with Gasteiger partial charge in [-0.15, -0.1) is 0 Å². The SMILES string of the molecule is Cc1ccc(Br)cc1C1CN(C(C)CN)C(=O)N1C. The van der Waals surface area contributed by atoms with Crippen LogP contribution in [0.15, 0.2) is 22.7 Å². The Kier molecular flexibility index (Phi) is 4.16. The van der Waals surface area contributed by atoms with Gasteiger partial charge in [0.05, 0.1) is 6.04 Å². The average Bonchev–Trinajstić information content (AvgIpc) is 2.69. The molecule has 2 rings (SSSR count). The molecule has 2 atom stereocenters. The van der Waals surface area contributed by atoms with E-state index in [9.17, 15) is 4.79 Å². The third kappa shape index (κ3) is 2.62. The molecule has 0 saturated carbocycles. The van der Waals surface area contributed by atoms with Crippen molar-refractivity contribution in [1.29, 1.82) is 0 Å². The summed E-state index contributed by atoms with van der Waals surface area (Å²) in [7, 11) is 1.86. The fraction of sp³-hybridized carbons (Fsp3) is 0.500. The number of nitrogens with two attached hydrogens (primary N) is 1. The first kappa shape index (κ1) is 14.3. The maximum atomic E-state index is 12.3. The van der Waals surface area contributed by atoms with Crippen molar-refractivity contribution in [2.45, 2.75) is 25.9 Å². The fourth-order valence-corrected chi connectivity index (χ4v) is 2.87. The summed E-state index contributed by atoms with van der Waals surface area (Å²) in [5.41, 5.74) is 8.07. The largest absolute Gasteiger partial charge is 0.328 e. The molecule has 2 unspecified atom stereocenters. The summed E-state index contributed by atoms with van der Waals surface area (Å²) < 4.78 is 1.04. The number of hydrogen-bond donors (Lipinski definition) is 1. The second kappa shape index (κ2) is 5.51. The number of amides is 2. The van der Waals surface area contributed by atoms with Gasteiger partial charge in [0.2, 0.25) is 0 Å². The number of carbonyl (C=O) groups excluding carboxylic acids is 1. The van der Waals surface area contributed by atoms with E-state index >= 15 is 0 Å². The lowest BCUT2D eigenvalue weighted by Gasteiger charge is -2.21. The van der Waals surface area contributed by atoms with Crippen LogP contribution in [0.1, 0.15) is 24.1 Å². The number of hydrogen-bond acceptors (Lipinski definition) is 2. The second-order valence-corrected chi connectivity index (χ2v) is 6.06. The van der Waals surface area contributed by atoms with Gasteiger partial charge in [-0.2, -0.15) is 0 Å². The van der Waals surface area contributed by atoms with Gasteiger partial charge >= 0.3 is 6.03 Å². The van der Waals surface area contributed by atoms with Gasteiger partial charge in [0, 0.05) is 30.7 Å². The van der Waals surface area contributed by atoms with Crippen LogP contribution in [0, 0.1) is 6.92 Å². The summed E-state index contributed by atoms with van der Waals surface area (Å²) in [4.78, 5) is 15.9. The number of nitrogens with zero attached hydrogens (tertiary/aromatic N) is 2. The Hall–Kier alpha value is -1.07. The van der Waals surface area contributed by atoms with Crippen LogP contribution in [-0.2, 0) is 0 Å².